The predicted octanol–water partition coefficient (Wildman–Crippen LogP) is 26.1. The van der Waals surface area contributed by atoms with Crippen molar-refractivity contribution in [2.24, 2.45) is 0 Å². The maximum atomic E-state index is 9.87. The van der Waals surface area contributed by atoms with Crippen molar-refractivity contribution in [3.8, 4) is 68.5 Å². The van der Waals surface area contributed by atoms with E-state index in [4.69, 9.17) is 9.47 Å². The van der Waals surface area contributed by atoms with Crippen molar-refractivity contribution in [2.75, 3.05) is 0 Å². The Hall–Kier alpha value is -12.1. The van der Waals surface area contributed by atoms with Crippen molar-refractivity contribution in [3.05, 3.63) is 474 Å². The molecule has 18 aromatic rings. The summed E-state index contributed by atoms with van der Waals surface area (Å²) in [5, 5.41) is 15.8. The molecule has 0 aliphatic rings. The van der Waals surface area contributed by atoms with E-state index in [1.54, 1.807) is 24.8 Å². The Labute approximate surface area is 771 Å². The monoisotopic (exact) mass is 1960 g/mol. The predicted molar refractivity (Wildman–Crippen MR) is 515 cm³/mol. The molecule has 0 aliphatic carbocycles. The molecule has 0 aliphatic heterocycles. The van der Waals surface area contributed by atoms with Gasteiger partial charge in [0.25, 0.3) is 0 Å². The molecule has 664 valence electrons. The smallest absolute Gasteiger partial charge is 0.449 e. The zero-order chi connectivity index (χ0) is 89.8. The summed E-state index contributed by atoms with van der Waals surface area (Å²) >= 11 is 0. The van der Waals surface area contributed by atoms with Crippen molar-refractivity contribution < 1.29 is 94.0 Å². The van der Waals surface area contributed by atoms with Crippen LogP contribution in [0.15, 0.2) is 474 Å². The molecule has 0 radical (unpaired) electrons. The first-order valence-corrected chi connectivity index (χ1v) is 50.0. The van der Waals surface area contributed by atoms with E-state index in [2.05, 4.69) is 370 Å². The normalized spacial score (nSPS) is 11.9. The standard InChI is InChI=1S/2C36H28OP2.2C15H11N3.2Cu.2F6P/c2*1-5-17-29(18-6-1)38(30-19-7-2-8-20-30)35-27-15-13-25-33(35)37-34-26-14-16-28-36(34)39(31-21-9-3-10-22-31)32-23-11-4-12-24-32;2*1-3-10-16-12(6-1)14-8-5-9-15(18-14)13-7-2-4-11-17-13;;;2*1-7(2,3,4,5)6/h2*1-28H;2*1-11H;;;;/q;;;;2*+1;2*-1/p+4. The molecule has 12 aromatic carbocycles. The van der Waals surface area contributed by atoms with E-state index in [9.17, 15) is 50.4 Å². The van der Waals surface area contributed by atoms with Gasteiger partial charge in [0.2, 0.25) is 0 Å². The Kier molecular flexibility index (Phi) is 33.7. The SMILES string of the molecule is F[P-](F)(F)(F)(F)F.F[P-](F)(F)(F)(F)F.[Cu+].[Cu+].c1ccc(-c2cccc(-c3ccccn3)n2)nc1.c1ccc(-c2cccc(-c3ccccn3)n2)nc1.c1ccc([PH+](c2ccccc2)c2ccccc2Oc2ccccc2[PH+](c2ccccc2)c2ccccc2)cc1.c1ccc([PH+](c2ccccc2)c2ccccc2Oc2ccccc2[PH+](c2ccccc2)c2ccccc2)cc1. The minimum absolute atomic E-state index is 0. The van der Waals surface area contributed by atoms with Gasteiger partial charge in [-0.3, -0.25) is 19.9 Å². The van der Waals surface area contributed by atoms with Crippen LogP contribution in [0, 0.1) is 0 Å². The van der Waals surface area contributed by atoms with E-state index in [-0.39, 0.29) is 34.1 Å². The molecule has 28 heteroatoms. The van der Waals surface area contributed by atoms with Gasteiger partial charge in [-0.25, -0.2) is 9.97 Å². The van der Waals surface area contributed by atoms with E-state index in [1.807, 2.05) is 109 Å². The number of para-hydroxylation sites is 4. The quantitative estimate of drug-likeness (QED) is 0.0423. The van der Waals surface area contributed by atoms with E-state index in [0.29, 0.717) is 0 Å². The van der Waals surface area contributed by atoms with Crippen LogP contribution in [0.5, 0.6) is 23.0 Å². The molecule has 6 heterocycles. The fourth-order valence-corrected chi connectivity index (χ4v) is 24.1. The fraction of sp³-hybridized carbons (Fsp3) is 0. The third-order valence-electron chi connectivity index (χ3n) is 18.8. The summed E-state index contributed by atoms with van der Waals surface area (Å²) in [6.45, 7) is 0. The van der Waals surface area contributed by atoms with Gasteiger partial charge < -0.3 is 9.47 Å². The van der Waals surface area contributed by atoms with E-state index < -0.39 is 47.3 Å². The maximum absolute atomic E-state index is 10.7. The van der Waals surface area contributed by atoms with E-state index >= 15 is 0 Å². The second kappa shape index (κ2) is 44.5. The molecule has 0 fully saturated rings. The first-order valence-electron chi connectivity index (χ1n) is 39.9. The molecular formula is C102H82Cu2F12N6O2P6+4. The Balaban J connectivity index is 0.000000166. The first-order chi connectivity index (χ1) is 61.5. The van der Waals surface area contributed by atoms with Crippen molar-refractivity contribution in [3.63, 3.8) is 0 Å². The van der Waals surface area contributed by atoms with Crippen molar-refractivity contribution in [1.82, 2.24) is 29.9 Å². The topological polar surface area (TPSA) is 95.8 Å². The van der Waals surface area contributed by atoms with Crippen molar-refractivity contribution in [1.29, 1.82) is 0 Å². The number of halogens is 12. The van der Waals surface area contributed by atoms with E-state index in [1.165, 1.54) is 63.7 Å². The van der Waals surface area contributed by atoms with Gasteiger partial charge in [0, 0.05) is 24.8 Å². The molecule has 0 saturated heterocycles. The van der Waals surface area contributed by atoms with E-state index in [0.717, 1.165) is 68.5 Å². The second-order valence-corrected chi connectivity index (χ2v) is 41.8. The van der Waals surface area contributed by atoms with Gasteiger partial charge in [0.15, 0.2) is 23.0 Å². The molecule has 0 atom stereocenters. The molecule has 0 bridgehead atoms. The van der Waals surface area contributed by atoms with Crippen LogP contribution >= 0.6 is 47.3 Å². The zero-order valence-electron chi connectivity index (χ0n) is 68.6. The summed E-state index contributed by atoms with van der Waals surface area (Å²) in [4.78, 5) is 26.4. The van der Waals surface area contributed by atoms with Gasteiger partial charge in [-0.2, -0.15) is 0 Å². The Morgan fingerprint density at radius 3 is 0.454 bits per heavy atom. The zero-order valence-corrected chi connectivity index (χ0v) is 76.2. The van der Waals surface area contributed by atoms with Crippen LogP contribution in [0.25, 0.3) is 45.6 Å². The largest absolute Gasteiger partial charge is 1.00 e. The summed E-state index contributed by atoms with van der Waals surface area (Å²) in [6, 6.07) is 156. The number of nitrogens with zero attached hydrogens (tertiary/aromatic N) is 6. The molecule has 6 aromatic heterocycles. The summed E-state index contributed by atoms with van der Waals surface area (Å²) in [5.41, 5.74) is 6.92. The van der Waals surface area contributed by atoms with Gasteiger partial charge >= 0.3 is 100 Å². The number of pyridine rings is 6. The van der Waals surface area contributed by atoms with Crippen LogP contribution < -0.4 is 73.1 Å². The summed E-state index contributed by atoms with van der Waals surface area (Å²) in [6.07, 6.45) is 7.07. The number of aromatic nitrogens is 6. The molecule has 0 amide bonds. The van der Waals surface area contributed by atoms with Crippen LogP contribution in [0.2, 0.25) is 0 Å². The molecule has 18 rings (SSSR count). The number of ether oxygens (including phenoxy) is 2. The third-order valence-corrected chi connectivity index (χ3v) is 29.9. The molecule has 0 saturated carbocycles. The number of hydrogen-bond acceptors (Lipinski definition) is 8. The average molecular weight is 1960 g/mol. The first kappa shape index (κ1) is 98.5. The van der Waals surface area contributed by atoms with Crippen LogP contribution in [0.3, 0.4) is 0 Å². The third kappa shape index (κ3) is 31.7. The van der Waals surface area contributed by atoms with Crippen molar-refractivity contribution in [2.45, 2.75) is 0 Å². The number of benzene rings is 12. The van der Waals surface area contributed by atoms with Gasteiger partial charge in [-0.05, 0) is 218 Å². The van der Waals surface area contributed by atoms with Gasteiger partial charge in [-0.15, -0.1) is 0 Å². The summed E-state index contributed by atoms with van der Waals surface area (Å²) < 4.78 is 132. The Morgan fingerprint density at radius 1 is 0.162 bits per heavy atom. The van der Waals surface area contributed by atoms with Gasteiger partial charge in [0.05, 0.1) is 45.6 Å². The molecule has 8 nitrogen and oxygen atoms in total. The molecule has 0 N–H and O–H groups in total. The molecular weight excluding hydrogens is 1880 g/mol. The summed E-state index contributed by atoms with van der Waals surface area (Å²) in [5.74, 6) is 3.70. The van der Waals surface area contributed by atoms with Crippen molar-refractivity contribution >= 4 is 111 Å². The van der Waals surface area contributed by atoms with Crippen LogP contribution in [0.1, 0.15) is 0 Å². The minimum atomic E-state index is -10.7. The summed E-state index contributed by atoms with van der Waals surface area (Å²) in [7, 11) is -26.4. The molecule has 130 heavy (non-hydrogen) atoms. The van der Waals surface area contributed by atoms with Crippen LogP contribution in [-0.4, -0.2) is 29.9 Å². The Bertz CT molecular complexity index is 5590. The average Bonchev–Trinajstić information content (AvgIpc) is 0.795. The molecule has 0 unspecified atom stereocenters. The maximum Gasteiger partial charge on any atom is 1.00 e. The number of rotatable bonds is 20. The van der Waals surface area contributed by atoms with Crippen LogP contribution in [0.4, 0.5) is 50.4 Å². The Morgan fingerprint density at radius 2 is 0.300 bits per heavy atom. The van der Waals surface area contributed by atoms with Gasteiger partial charge in [-0.1, -0.05) is 231 Å². The van der Waals surface area contributed by atoms with Gasteiger partial charge in [0.1, 0.15) is 95.3 Å². The second-order valence-electron chi connectivity index (χ2n) is 28.2. The minimum Gasteiger partial charge on any atom is -0.449 e. The number of hydrogen-bond donors (Lipinski definition) is 0. The molecule has 0 spiro atoms. The van der Waals surface area contributed by atoms with Crippen LogP contribution in [-0.2, 0) is 34.1 Å². The fourth-order valence-electron chi connectivity index (χ4n) is 13.5.